The van der Waals surface area contributed by atoms with E-state index in [1.807, 2.05) is 4.90 Å². The molecule has 0 saturated carbocycles. The Morgan fingerprint density at radius 1 is 1.30 bits per heavy atom. The van der Waals surface area contributed by atoms with E-state index in [9.17, 15) is 4.79 Å². The number of likely N-dealkylation sites (tertiary alicyclic amines) is 1. The van der Waals surface area contributed by atoms with Crippen molar-refractivity contribution in [1.29, 1.82) is 5.26 Å². The number of hydrogen-bond acceptors (Lipinski definition) is 3. The Balaban J connectivity index is 1.79. The van der Waals surface area contributed by atoms with Gasteiger partial charge in [0, 0.05) is 30.7 Å². The predicted octanol–water partition coefficient (Wildman–Crippen LogP) is 1.87. The van der Waals surface area contributed by atoms with Gasteiger partial charge in [-0.15, -0.1) is 0 Å². The Labute approximate surface area is 119 Å². The topological polar surface area (TPSA) is 47.3 Å². The predicted molar refractivity (Wildman–Crippen MR) is 76.3 cm³/mol. The Morgan fingerprint density at radius 2 is 2.10 bits per heavy atom. The van der Waals surface area contributed by atoms with E-state index in [4.69, 9.17) is 5.26 Å². The summed E-state index contributed by atoms with van der Waals surface area (Å²) in [6.45, 7) is 1.63. The minimum absolute atomic E-state index is 0.0584. The molecule has 0 aromatic heterocycles. The van der Waals surface area contributed by atoms with Crippen molar-refractivity contribution < 1.29 is 4.79 Å². The fraction of sp³-hybridized carbons (Fsp3) is 0.500. The highest BCUT2D eigenvalue weighted by atomic mass is 16.2. The van der Waals surface area contributed by atoms with E-state index in [-0.39, 0.29) is 5.91 Å². The van der Waals surface area contributed by atoms with Crippen molar-refractivity contribution in [2.45, 2.75) is 31.3 Å². The number of nitrogens with zero attached hydrogens (tertiary/aromatic N) is 3. The van der Waals surface area contributed by atoms with Gasteiger partial charge in [-0.1, -0.05) is 6.07 Å². The molecule has 4 heteroatoms. The van der Waals surface area contributed by atoms with Crippen LogP contribution in [0.4, 0.5) is 0 Å². The van der Waals surface area contributed by atoms with E-state index in [0.717, 1.165) is 19.5 Å². The number of benzene rings is 1. The first-order valence-corrected chi connectivity index (χ1v) is 7.20. The highest BCUT2D eigenvalue weighted by Gasteiger charge is 2.36. The van der Waals surface area contributed by atoms with Gasteiger partial charge in [0.2, 0.25) is 0 Å². The summed E-state index contributed by atoms with van der Waals surface area (Å²) in [5, 5.41) is 8.94. The molecule has 2 unspecified atom stereocenters. The van der Waals surface area contributed by atoms with Crippen LogP contribution >= 0.6 is 0 Å². The lowest BCUT2D eigenvalue weighted by Gasteiger charge is -2.26. The van der Waals surface area contributed by atoms with Crippen LogP contribution in [0.2, 0.25) is 0 Å². The van der Waals surface area contributed by atoms with E-state index < -0.39 is 0 Å². The summed E-state index contributed by atoms with van der Waals surface area (Å²) in [6, 6.07) is 10.2. The van der Waals surface area contributed by atoms with Gasteiger partial charge in [-0.3, -0.25) is 9.69 Å². The van der Waals surface area contributed by atoms with E-state index in [0.29, 0.717) is 23.2 Å². The molecule has 0 spiro atoms. The molecular formula is C16H19N3O. The summed E-state index contributed by atoms with van der Waals surface area (Å²) in [5.74, 6) is 0.0584. The van der Waals surface area contributed by atoms with Gasteiger partial charge in [0.1, 0.15) is 0 Å². The summed E-state index contributed by atoms with van der Waals surface area (Å²) in [6.07, 6.45) is 3.49. The van der Waals surface area contributed by atoms with Crippen molar-refractivity contribution in [3.63, 3.8) is 0 Å². The summed E-state index contributed by atoms with van der Waals surface area (Å²) in [7, 11) is 2.17. The van der Waals surface area contributed by atoms with Crippen molar-refractivity contribution >= 4 is 5.91 Å². The van der Waals surface area contributed by atoms with Crippen LogP contribution in [0.1, 0.15) is 35.2 Å². The van der Waals surface area contributed by atoms with Gasteiger partial charge in [-0.05, 0) is 44.5 Å². The smallest absolute Gasteiger partial charge is 0.253 e. The second-order valence-corrected chi connectivity index (χ2v) is 5.78. The lowest BCUT2D eigenvalue weighted by Crippen LogP contribution is -2.39. The fourth-order valence-electron chi connectivity index (χ4n) is 3.40. The molecule has 0 aliphatic carbocycles. The third kappa shape index (κ3) is 2.30. The average Bonchev–Trinajstić information content (AvgIpc) is 2.71. The molecule has 2 saturated heterocycles. The van der Waals surface area contributed by atoms with Crippen molar-refractivity contribution in [1.82, 2.24) is 9.80 Å². The Morgan fingerprint density at radius 3 is 2.90 bits per heavy atom. The number of carbonyl (C=O) groups excluding carboxylic acids is 1. The minimum Gasteiger partial charge on any atom is -0.337 e. The minimum atomic E-state index is 0.0584. The first kappa shape index (κ1) is 13.1. The molecule has 2 aliphatic heterocycles. The average molecular weight is 269 g/mol. The molecule has 0 radical (unpaired) electrons. The van der Waals surface area contributed by atoms with Gasteiger partial charge in [-0.25, -0.2) is 0 Å². The number of amides is 1. The molecule has 2 aliphatic rings. The van der Waals surface area contributed by atoms with Gasteiger partial charge in [0.05, 0.1) is 11.6 Å². The number of rotatable bonds is 1. The van der Waals surface area contributed by atoms with Crippen molar-refractivity contribution in [3.8, 4) is 6.07 Å². The Hall–Kier alpha value is -1.86. The van der Waals surface area contributed by atoms with Crippen LogP contribution in [0, 0.1) is 11.3 Å². The van der Waals surface area contributed by atoms with E-state index >= 15 is 0 Å². The van der Waals surface area contributed by atoms with Crippen LogP contribution in [0.25, 0.3) is 0 Å². The maximum atomic E-state index is 12.6. The molecule has 2 heterocycles. The molecule has 1 amide bonds. The normalized spacial score (nSPS) is 26.1. The molecule has 4 nitrogen and oxygen atoms in total. The first-order chi connectivity index (χ1) is 9.69. The third-order valence-corrected chi connectivity index (χ3v) is 4.67. The summed E-state index contributed by atoms with van der Waals surface area (Å²) in [4.78, 5) is 17.0. The SMILES string of the molecule is CN1C2CCC1CN(C(=O)c1cccc(C#N)c1)CC2. The maximum absolute atomic E-state index is 12.6. The monoisotopic (exact) mass is 269 g/mol. The largest absolute Gasteiger partial charge is 0.337 e. The molecular weight excluding hydrogens is 250 g/mol. The van der Waals surface area contributed by atoms with Crippen molar-refractivity contribution in [2.75, 3.05) is 20.1 Å². The quantitative estimate of drug-likeness (QED) is 0.782. The highest BCUT2D eigenvalue weighted by Crippen LogP contribution is 2.29. The third-order valence-electron chi connectivity index (χ3n) is 4.67. The molecule has 0 N–H and O–H groups in total. The maximum Gasteiger partial charge on any atom is 0.253 e. The number of fused-ring (bicyclic) bond motifs is 2. The van der Waals surface area contributed by atoms with Crippen LogP contribution in [0.5, 0.6) is 0 Å². The fourth-order valence-corrected chi connectivity index (χ4v) is 3.40. The van der Waals surface area contributed by atoms with Gasteiger partial charge in [0.25, 0.3) is 5.91 Å². The summed E-state index contributed by atoms with van der Waals surface area (Å²) >= 11 is 0. The van der Waals surface area contributed by atoms with Crippen LogP contribution in [-0.2, 0) is 0 Å². The Bertz CT molecular complexity index is 563. The summed E-state index contributed by atoms with van der Waals surface area (Å²) in [5.41, 5.74) is 1.17. The van der Waals surface area contributed by atoms with E-state index in [1.165, 1.54) is 12.8 Å². The molecule has 1 aromatic carbocycles. The molecule has 2 fully saturated rings. The molecule has 20 heavy (non-hydrogen) atoms. The number of hydrogen-bond donors (Lipinski definition) is 0. The number of nitriles is 1. The van der Waals surface area contributed by atoms with Gasteiger partial charge >= 0.3 is 0 Å². The van der Waals surface area contributed by atoms with Crippen LogP contribution in [0.15, 0.2) is 24.3 Å². The Kier molecular flexibility index (Phi) is 3.45. The van der Waals surface area contributed by atoms with Gasteiger partial charge < -0.3 is 4.90 Å². The van der Waals surface area contributed by atoms with Crippen LogP contribution < -0.4 is 0 Å². The van der Waals surface area contributed by atoms with Crippen molar-refractivity contribution in [3.05, 3.63) is 35.4 Å². The molecule has 2 atom stereocenters. The zero-order valence-electron chi connectivity index (χ0n) is 11.7. The first-order valence-electron chi connectivity index (χ1n) is 7.20. The molecule has 1 aromatic rings. The second-order valence-electron chi connectivity index (χ2n) is 5.78. The highest BCUT2D eigenvalue weighted by molar-refractivity contribution is 5.94. The molecule has 3 rings (SSSR count). The van der Waals surface area contributed by atoms with Gasteiger partial charge in [-0.2, -0.15) is 5.26 Å². The standard InChI is InChI=1S/C16H19N3O/c1-18-14-5-6-15(18)11-19(8-7-14)16(20)13-4-2-3-12(9-13)10-17/h2-4,9,14-15H,5-8,11H2,1H3. The van der Waals surface area contributed by atoms with E-state index in [2.05, 4.69) is 18.0 Å². The zero-order valence-corrected chi connectivity index (χ0v) is 11.7. The lowest BCUT2D eigenvalue weighted by molar-refractivity contribution is 0.0740. The summed E-state index contributed by atoms with van der Waals surface area (Å²) < 4.78 is 0. The second kappa shape index (κ2) is 5.26. The van der Waals surface area contributed by atoms with E-state index in [1.54, 1.807) is 24.3 Å². The van der Waals surface area contributed by atoms with Gasteiger partial charge in [0.15, 0.2) is 0 Å². The molecule has 104 valence electrons. The number of carbonyl (C=O) groups is 1. The van der Waals surface area contributed by atoms with Crippen LogP contribution in [0.3, 0.4) is 0 Å². The van der Waals surface area contributed by atoms with Crippen molar-refractivity contribution in [2.24, 2.45) is 0 Å². The zero-order chi connectivity index (χ0) is 14.1. The van der Waals surface area contributed by atoms with Crippen LogP contribution in [-0.4, -0.2) is 47.9 Å². The lowest BCUT2D eigenvalue weighted by atomic mass is 10.1. The number of likely N-dealkylation sites (N-methyl/N-ethyl adjacent to an activating group) is 1. The molecule has 2 bridgehead atoms.